The van der Waals surface area contributed by atoms with Gasteiger partial charge in [0.05, 0.1) is 24.9 Å². The Balaban J connectivity index is 1.99. The number of para-hydroxylation sites is 2. The molecule has 9 heteroatoms. The summed E-state index contributed by atoms with van der Waals surface area (Å²) in [5.41, 5.74) is 7.77. The van der Waals surface area contributed by atoms with E-state index in [2.05, 4.69) is 26.5 Å². The van der Waals surface area contributed by atoms with Gasteiger partial charge in [-0.05, 0) is 45.8 Å². The van der Waals surface area contributed by atoms with Gasteiger partial charge in [-0.1, -0.05) is 12.1 Å². The average Bonchev–Trinajstić information content (AvgIpc) is 2.66. The van der Waals surface area contributed by atoms with Gasteiger partial charge in [0.1, 0.15) is 13.2 Å². The van der Waals surface area contributed by atoms with Crippen molar-refractivity contribution in [1.82, 2.24) is 5.43 Å². The Hall–Kier alpha value is -2.94. The van der Waals surface area contributed by atoms with E-state index >= 15 is 0 Å². The van der Waals surface area contributed by atoms with Crippen LogP contribution in [0, 0.1) is 0 Å². The fraction of sp³-hybridized carbons (Fsp3) is 0.222. The predicted molar refractivity (Wildman–Crippen MR) is 105 cm³/mol. The van der Waals surface area contributed by atoms with Gasteiger partial charge in [-0.15, -0.1) is 0 Å². The highest BCUT2D eigenvalue weighted by atomic mass is 79.9. The highest BCUT2D eigenvalue weighted by Gasteiger charge is 2.12. The van der Waals surface area contributed by atoms with E-state index in [1.165, 1.54) is 13.3 Å². The summed E-state index contributed by atoms with van der Waals surface area (Å²) < 4.78 is 22.7. The second kappa shape index (κ2) is 10.3. The number of methoxy groups -OCH3 is 2. The van der Waals surface area contributed by atoms with Crippen LogP contribution in [0.4, 0.5) is 4.79 Å². The van der Waals surface area contributed by atoms with Crippen LogP contribution in [-0.2, 0) is 0 Å². The lowest BCUT2D eigenvalue weighted by Crippen LogP contribution is -2.24. The first kappa shape index (κ1) is 20.4. The van der Waals surface area contributed by atoms with Gasteiger partial charge in [0.25, 0.3) is 0 Å². The summed E-state index contributed by atoms with van der Waals surface area (Å²) >= 11 is 3.44. The smallest absolute Gasteiger partial charge is 0.332 e. The number of rotatable bonds is 9. The maximum atomic E-state index is 10.6. The van der Waals surface area contributed by atoms with Crippen molar-refractivity contribution in [3.05, 3.63) is 46.4 Å². The number of amides is 2. The van der Waals surface area contributed by atoms with Crippen LogP contribution in [0.15, 0.2) is 46.0 Å². The zero-order valence-electron chi connectivity index (χ0n) is 14.9. The van der Waals surface area contributed by atoms with Crippen molar-refractivity contribution in [2.45, 2.75) is 0 Å². The molecule has 0 atom stereocenters. The van der Waals surface area contributed by atoms with Crippen LogP contribution in [0.1, 0.15) is 5.56 Å². The van der Waals surface area contributed by atoms with E-state index in [-0.39, 0.29) is 0 Å². The molecule has 2 aromatic rings. The lowest BCUT2D eigenvalue weighted by atomic mass is 10.2. The number of halogens is 1. The van der Waals surface area contributed by atoms with E-state index in [4.69, 9.17) is 24.7 Å². The van der Waals surface area contributed by atoms with E-state index < -0.39 is 6.03 Å². The zero-order chi connectivity index (χ0) is 19.6. The topological polar surface area (TPSA) is 104 Å². The van der Waals surface area contributed by atoms with Crippen molar-refractivity contribution in [2.24, 2.45) is 10.8 Å². The molecular formula is C18H20BrN3O5. The molecule has 2 aromatic carbocycles. The highest BCUT2D eigenvalue weighted by molar-refractivity contribution is 9.10. The van der Waals surface area contributed by atoms with Crippen LogP contribution in [0.5, 0.6) is 23.0 Å². The third-order valence-corrected chi connectivity index (χ3v) is 3.89. The summed E-state index contributed by atoms with van der Waals surface area (Å²) in [6.07, 6.45) is 1.44. The summed E-state index contributed by atoms with van der Waals surface area (Å²) in [6.45, 7) is 0.616. The van der Waals surface area contributed by atoms with Gasteiger partial charge in [0.15, 0.2) is 23.0 Å². The number of primary amides is 1. The number of hydrogen-bond acceptors (Lipinski definition) is 6. The number of carbonyl (C=O) groups is 1. The first-order valence-corrected chi connectivity index (χ1v) is 8.69. The monoisotopic (exact) mass is 437 g/mol. The highest BCUT2D eigenvalue weighted by Crippen LogP contribution is 2.36. The zero-order valence-corrected chi connectivity index (χ0v) is 16.5. The summed E-state index contributed by atoms with van der Waals surface area (Å²) in [4.78, 5) is 10.6. The molecule has 0 unspecified atom stereocenters. The molecular weight excluding hydrogens is 418 g/mol. The molecule has 0 saturated carbocycles. The van der Waals surface area contributed by atoms with Crippen LogP contribution >= 0.6 is 15.9 Å². The Morgan fingerprint density at radius 3 is 2.44 bits per heavy atom. The van der Waals surface area contributed by atoms with E-state index in [0.717, 1.165) is 0 Å². The Morgan fingerprint density at radius 2 is 1.78 bits per heavy atom. The average molecular weight is 438 g/mol. The molecule has 144 valence electrons. The molecule has 0 aromatic heterocycles. The molecule has 27 heavy (non-hydrogen) atoms. The number of hydrogen-bond donors (Lipinski definition) is 2. The van der Waals surface area contributed by atoms with E-state index in [9.17, 15) is 4.79 Å². The van der Waals surface area contributed by atoms with E-state index in [1.54, 1.807) is 19.2 Å². The van der Waals surface area contributed by atoms with Gasteiger partial charge in [0, 0.05) is 0 Å². The number of nitrogens with two attached hydrogens (primary N) is 1. The maximum Gasteiger partial charge on any atom is 0.332 e. The molecule has 8 nitrogen and oxygen atoms in total. The van der Waals surface area contributed by atoms with Gasteiger partial charge in [-0.3, -0.25) is 0 Å². The Kier molecular flexibility index (Phi) is 7.75. The molecule has 0 aliphatic carbocycles. The van der Waals surface area contributed by atoms with Crippen LogP contribution in [0.25, 0.3) is 0 Å². The number of carbonyl (C=O) groups excluding carboxylic acids is 1. The number of benzene rings is 2. The molecule has 2 amide bonds. The molecule has 0 bridgehead atoms. The van der Waals surface area contributed by atoms with Crippen molar-refractivity contribution >= 4 is 28.2 Å². The second-order valence-electron chi connectivity index (χ2n) is 5.12. The molecule has 0 saturated heterocycles. The molecule has 0 radical (unpaired) electrons. The van der Waals surface area contributed by atoms with Crippen LogP contribution in [-0.4, -0.2) is 39.7 Å². The van der Waals surface area contributed by atoms with Gasteiger partial charge < -0.3 is 24.7 Å². The lowest BCUT2D eigenvalue weighted by Gasteiger charge is -2.14. The molecule has 0 fully saturated rings. The van der Waals surface area contributed by atoms with Gasteiger partial charge in [-0.2, -0.15) is 5.10 Å². The minimum atomic E-state index is -0.743. The number of urea groups is 1. The summed E-state index contributed by atoms with van der Waals surface area (Å²) in [6, 6.07) is 10.1. The van der Waals surface area contributed by atoms with Crippen LogP contribution in [0.3, 0.4) is 0 Å². The molecule has 3 N–H and O–H groups in total. The predicted octanol–water partition coefficient (Wildman–Crippen LogP) is 2.93. The standard InChI is InChI=1S/C18H20BrN3O5/c1-24-14-5-3-4-6-15(14)26-7-8-27-17-13(19)9-12(10-16(17)25-2)11-21-22-18(20)23/h3-6,9-11H,7-8H2,1-2H3,(H3,20,22,23)/b21-11-. The number of ether oxygens (including phenoxy) is 4. The molecule has 0 spiro atoms. The van der Waals surface area contributed by atoms with Crippen molar-refractivity contribution in [3.63, 3.8) is 0 Å². The van der Waals surface area contributed by atoms with Crippen molar-refractivity contribution in [2.75, 3.05) is 27.4 Å². The summed E-state index contributed by atoms with van der Waals surface area (Å²) in [5.74, 6) is 2.33. The fourth-order valence-corrected chi connectivity index (χ4v) is 2.73. The summed E-state index contributed by atoms with van der Waals surface area (Å²) in [5, 5.41) is 3.71. The van der Waals surface area contributed by atoms with Crippen LogP contribution in [0.2, 0.25) is 0 Å². The van der Waals surface area contributed by atoms with Crippen molar-refractivity contribution in [1.29, 1.82) is 0 Å². The number of nitrogens with zero attached hydrogens (tertiary/aromatic N) is 1. The lowest BCUT2D eigenvalue weighted by molar-refractivity contribution is 0.205. The minimum Gasteiger partial charge on any atom is -0.493 e. The Bertz CT molecular complexity index is 814. The van der Waals surface area contributed by atoms with Crippen LogP contribution < -0.4 is 30.1 Å². The Labute approximate surface area is 165 Å². The van der Waals surface area contributed by atoms with E-state index in [1.807, 2.05) is 24.3 Å². The third-order valence-electron chi connectivity index (χ3n) is 3.30. The first-order valence-electron chi connectivity index (χ1n) is 7.89. The van der Waals surface area contributed by atoms with Crippen molar-refractivity contribution in [3.8, 4) is 23.0 Å². The quantitative estimate of drug-likeness (QED) is 0.356. The fourth-order valence-electron chi connectivity index (χ4n) is 2.16. The normalized spacial score (nSPS) is 10.5. The second-order valence-corrected chi connectivity index (χ2v) is 5.97. The number of hydrazone groups is 1. The van der Waals surface area contributed by atoms with Gasteiger partial charge >= 0.3 is 6.03 Å². The molecule has 0 aliphatic rings. The molecule has 2 rings (SSSR count). The first-order chi connectivity index (χ1) is 13.0. The van der Waals surface area contributed by atoms with Gasteiger partial charge in [0.2, 0.25) is 0 Å². The third kappa shape index (κ3) is 6.07. The Morgan fingerprint density at radius 1 is 1.11 bits per heavy atom. The van der Waals surface area contributed by atoms with Crippen molar-refractivity contribution < 1.29 is 23.7 Å². The molecule has 0 aliphatic heterocycles. The van der Waals surface area contributed by atoms with Gasteiger partial charge in [-0.25, -0.2) is 10.2 Å². The number of nitrogens with one attached hydrogen (secondary N) is 1. The minimum absolute atomic E-state index is 0.295. The SMILES string of the molecule is COc1ccccc1OCCOc1c(Br)cc(/C=N\NC(N)=O)cc1OC. The maximum absolute atomic E-state index is 10.6. The molecule has 0 heterocycles. The largest absolute Gasteiger partial charge is 0.493 e. The summed E-state index contributed by atoms with van der Waals surface area (Å²) in [7, 11) is 3.12. The van der Waals surface area contributed by atoms with E-state index in [0.29, 0.717) is 46.2 Å².